The van der Waals surface area contributed by atoms with Crippen molar-refractivity contribution in [2.45, 2.75) is 6.92 Å². The molecule has 0 aliphatic rings. The molecular weight excluding hydrogens is 236 g/mol. The molecule has 0 aliphatic heterocycles. The molecule has 1 aromatic carbocycles. The van der Waals surface area contributed by atoms with E-state index in [9.17, 15) is 14.9 Å². The average molecular weight is 245 g/mol. The Bertz CT molecular complexity index is 473. The lowest BCUT2D eigenvalue weighted by Crippen LogP contribution is -2.05. The molecule has 0 fully saturated rings. The summed E-state index contributed by atoms with van der Waals surface area (Å²) in [7, 11) is 1.51. The van der Waals surface area contributed by atoms with Gasteiger partial charge in [-0.3, -0.25) is 10.1 Å². The fraction of sp³-hybridized carbons (Fsp3) is 0.222. The van der Waals surface area contributed by atoms with Gasteiger partial charge in [0.1, 0.15) is 5.69 Å². The normalized spacial score (nSPS) is 9.94. The highest BCUT2D eigenvalue weighted by molar-refractivity contribution is 6.34. The second kappa shape index (κ2) is 4.36. The van der Waals surface area contributed by atoms with E-state index >= 15 is 0 Å². The minimum absolute atomic E-state index is 0.00227. The molecule has 0 radical (unpaired) electrons. The van der Waals surface area contributed by atoms with E-state index in [2.05, 4.69) is 5.32 Å². The highest BCUT2D eigenvalue weighted by atomic mass is 35.5. The van der Waals surface area contributed by atoms with E-state index in [4.69, 9.17) is 16.7 Å². The number of hydrogen-bond donors (Lipinski definition) is 2. The van der Waals surface area contributed by atoms with Crippen LogP contribution in [-0.4, -0.2) is 23.0 Å². The van der Waals surface area contributed by atoms with Gasteiger partial charge in [0.15, 0.2) is 0 Å². The van der Waals surface area contributed by atoms with Gasteiger partial charge in [-0.2, -0.15) is 0 Å². The highest BCUT2D eigenvalue weighted by Crippen LogP contribution is 2.35. The van der Waals surface area contributed by atoms with Gasteiger partial charge in [0.25, 0.3) is 5.69 Å². The third-order valence-corrected chi connectivity index (χ3v) is 2.64. The zero-order valence-electron chi connectivity index (χ0n) is 8.57. The molecule has 0 amide bonds. The van der Waals surface area contributed by atoms with Crippen LogP contribution < -0.4 is 5.32 Å². The summed E-state index contributed by atoms with van der Waals surface area (Å²) >= 11 is 5.81. The Kier molecular flexibility index (Phi) is 3.34. The fourth-order valence-corrected chi connectivity index (χ4v) is 1.62. The number of nitrogens with zero attached hydrogens (tertiary/aromatic N) is 1. The summed E-state index contributed by atoms with van der Waals surface area (Å²) < 4.78 is 0. The lowest BCUT2D eigenvalue weighted by atomic mass is 10.1. The van der Waals surface area contributed by atoms with Gasteiger partial charge < -0.3 is 10.4 Å². The van der Waals surface area contributed by atoms with Crippen molar-refractivity contribution in [3.63, 3.8) is 0 Å². The molecule has 7 heteroatoms. The molecule has 6 nitrogen and oxygen atoms in total. The number of rotatable bonds is 3. The molecule has 0 atom stereocenters. The van der Waals surface area contributed by atoms with Crippen molar-refractivity contribution in [3.05, 3.63) is 32.3 Å². The van der Waals surface area contributed by atoms with Crippen LogP contribution in [0.25, 0.3) is 0 Å². The van der Waals surface area contributed by atoms with Crippen LogP contribution >= 0.6 is 11.6 Å². The Labute approximate surface area is 96.0 Å². The van der Waals surface area contributed by atoms with Crippen molar-refractivity contribution in [1.29, 1.82) is 0 Å². The average Bonchev–Trinajstić information content (AvgIpc) is 2.20. The maximum atomic E-state index is 10.8. The maximum absolute atomic E-state index is 10.8. The van der Waals surface area contributed by atoms with Crippen molar-refractivity contribution in [3.8, 4) is 0 Å². The third-order valence-electron chi connectivity index (χ3n) is 2.16. The predicted molar refractivity (Wildman–Crippen MR) is 59.3 cm³/mol. The van der Waals surface area contributed by atoms with Gasteiger partial charge in [0.05, 0.1) is 15.5 Å². The van der Waals surface area contributed by atoms with Crippen LogP contribution in [0.5, 0.6) is 0 Å². The molecule has 0 aromatic heterocycles. The van der Waals surface area contributed by atoms with E-state index in [1.807, 2.05) is 0 Å². The second-order valence-electron chi connectivity index (χ2n) is 3.07. The van der Waals surface area contributed by atoms with Crippen LogP contribution in [0.2, 0.25) is 5.02 Å². The number of nitrogens with one attached hydrogen (secondary N) is 1. The first kappa shape index (κ1) is 12.3. The summed E-state index contributed by atoms with van der Waals surface area (Å²) in [6, 6.07) is 0.948. The topological polar surface area (TPSA) is 92.5 Å². The SMILES string of the molecule is CNc1c([N+](=O)[O-])cc(C(=O)O)c(Cl)c1C. The predicted octanol–water partition coefficient (Wildman–Crippen LogP) is 2.30. The molecule has 0 aliphatic carbocycles. The molecule has 0 saturated heterocycles. The van der Waals surface area contributed by atoms with Gasteiger partial charge in [0.2, 0.25) is 0 Å². The number of carbonyl (C=O) groups is 1. The Morgan fingerprint density at radius 3 is 2.56 bits per heavy atom. The number of aromatic carboxylic acids is 1. The van der Waals surface area contributed by atoms with Crippen LogP contribution in [0, 0.1) is 17.0 Å². The van der Waals surface area contributed by atoms with Crippen LogP contribution in [-0.2, 0) is 0 Å². The standard InChI is InChI=1S/C9H9ClN2O4/c1-4-7(10)5(9(13)14)3-6(12(15)16)8(4)11-2/h3,11H,1-2H3,(H,13,14). The van der Waals surface area contributed by atoms with E-state index in [-0.39, 0.29) is 22.0 Å². The molecule has 16 heavy (non-hydrogen) atoms. The smallest absolute Gasteiger partial charge is 0.337 e. The minimum Gasteiger partial charge on any atom is -0.478 e. The lowest BCUT2D eigenvalue weighted by molar-refractivity contribution is -0.384. The maximum Gasteiger partial charge on any atom is 0.337 e. The third kappa shape index (κ3) is 1.92. The molecule has 1 rings (SSSR count). The van der Waals surface area contributed by atoms with Crippen molar-refractivity contribution in [2.24, 2.45) is 0 Å². The Balaban J connectivity index is 3.62. The minimum atomic E-state index is -1.29. The van der Waals surface area contributed by atoms with E-state index < -0.39 is 10.9 Å². The zero-order chi connectivity index (χ0) is 12.5. The molecule has 0 bridgehead atoms. The number of benzene rings is 1. The Morgan fingerprint density at radius 2 is 2.19 bits per heavy atom. The number of nitro groups is 1. The van der Waals surface area contributed by atoms with Gasteiger partial charge in [-0.05, 0) is 12.5 Å². The first-order valence-corrected chi connectivity index (χ1v) is 4.66. The summed E-state index contributed by atoms with van der Waals surface area (Å²) in [6.45, 7) is 1.52. The van der Waals surface area contributed by atoms with E-state index in [1.54, 1.807) is 0 Å². The number of carboxylic acid groups (broad SMARTS) is 1. The lowest BCUT2D eigenvalue weighted by Gasteiger charge is -2.09. The largest absolute Gasteiger partial charge is 0.478 e. The number of anilines is 1. The Hall–Kier alpha value is -1.82. The highest BCUT2D eigenvalue weighted by Gasteiger charge is 2.23. The number of nitro benzene ring substituents is 1. The van der Waals surface area contributed by atoms with Gasteiger partial charge >= 0.3 is 5.97 Å². The monoisotopic (exact) mass is 244 g/mol. The van der Waals surface area contributed by atoms with Crippen LogP contribution in [0.1, 0.15) is 15.9 Å². The summed E-state index contributed by atoms with van der Waals surface area (Å²) in [5.41, 5.74) is -0.0116. The van der Waals surface area contributed by atoms with Crippen molar-refractivity contribution in [1.82, 2.24) is 0 Å². The van der Waals surface area contributed by atoms with Crippen LogP contribution in [0.3, 0.4) is 0 Å². The van der Waals surface area contributed by atoms with Crippen molar-refractivity contribution >= 4 is 28.9 Å². The molecule has 0 spiro atoms. The second-order valence-corrected chi connectivity index (χ2v) is 3.45. The fourth-order valence-electron chi connectivity index (χ4n) is 1.39. The van der Waals surface area contributed by atoms with E-state index in [0.717, 1.165) is 6.07 Å². The first-order valence-electron chi connectivity index (χ1n) is 4.28. The number of halogens is 1. The zero-order valence-corrected chi connectivity index (χ0v) is 9.33. The summed E-state index contributed by atoms with van der Waals surface area (Å²) in [5, 5.41) is 22.2. The van der Waals surface area contributed by atoms with Gasteiger partial charge in [0, 0.05) is 13.1 Å². The molecule has 86 valence electrons. The molecule has 0 saturated carbocycles. The molecule has 0 heterocycles. The van der Waals surface area contributed by atoms with Crippen molar-refractivity contribution in [2.75, 3.05) is 12.4 Å². The number of carboxylic acids is 1. The molecule has 0 unspecified atom stereocenters. The van der Waals surface area contributed by atoms with Crippen LogP contribution in [0.4, 0.5) is 11.4 Å². The van der Waals surface area contributed by atoms with Crippen molar-refractivity contribution < 1.29 is 14.8 Å². The summed E-state index contributed by atoms with van der Waals surface area (Å²) in [4.78, 5) is 20.9. The number of hydrogen-bond acceptors (Lipinski definition) is 4. The van der Waals surface area contributed by atoms with E-state index in [1.165, 1.54) is 14.0 Å². The van der Waals surface area contributed by atoms with Gasteiger partial charge in [-0.25, -0.2) is 4.79 Å². The Morgan fingerprint density at radius 1 is 1.62 bits per heavy atom. The van der Waals surface area contributed by atoms with Gasteiger partial charge in [-0.15, -0.1) is 0 Å². The summed E-state index contributed by atoms with van der Waals surface area (Å²) in [6.07, 6.45) is 0. The molecule has 1 aromatic rings. The summed E-state index contributed by atoms with van der Waals surface area (Å²) in [5.74, 6) is -1.29. The van der Waals surface area contributed by atoms with Gasteiger partial charge in [-0.1, -0.05) is 11.6 Å². The molecular formula is C9H9ClN2O4. The van der Waals surface area contributed by atoms with E-state index in [0.29, 0.717) is 5.56 Å². The first-order chi connectivity index (χ1) is 7.40. The quantitative estimate of drug-likeness (QED) is 0.629. The van der Waals surface area contributed by atoms with Crippen LogP contribution in [0.15, 0.2) is 6.07 Å². The molecule has 2 N–H and O–H groups in total.